The molecule has 2 heterocycles. The first-order valence-corrected chi connectivity index (χ1v) is 8.72. The van der Waals surface area contributed by atoms with Gasteiger partial charge in [0.05, 0.1) is 12.1 Å². The lowest BCUT2D eigenvalue weighted by Crippen LogP contribution is -1.88. The van der Waals surface area contributed by atoms with Crippen molar-refractivity contribution in [3.63, 3.8) is 0 Å². The van der Waals surface area contributed by atoms with Gasteiger partial charge in [-0.1, -0.05) is 28.9 Å². The molecule has 0 saturated carbocycles. The average Bonchev–Trinajstić information content (AvgIpc) is 3.26. The molecule has 4 nitrogen and oxygen atoms in total. The van der Waals surface area contributed by atoms with E-state index in [4.69, 9.17) is 16.1 Å². The van der Waals surface area contributed by atoms with Crippen LogP contribution in [0.2, 0.25) is 5.02 Å². The van der Waals surface area contributed by atoms with E-state index in [9.17, 15) is 4.39 Å². The fourth-order valence-electron chi connectivity index (χ4n) is 2.35. The summed E-state index contributed by atoms with van der Waals surface area (Å²) >= 11 is 7.48. The average molecular weight is 372 g/mol. The molecule has 2 aromatic heterocycles. The molecule has 0 aliphatic carbocycles. The summed E-state index contributed by atoms with van der Waals surface area (Å²) in [6, 6.07) is 13.5. The largest absolute Gasteiger partial charge is 0.339 e. The lowest BCUT2D eigenvalue weighted by Gasteiger charge is -1.95. The molecule has 25 heavy (non-hydrogen) atoms. The van der Waals surface area contributed by atoms with Crippen LogP contribution in [0.1, 0.15) is 10.9 Å². The zero-order valence-electron chi connectivity index (χ0n) is 12.8. The maximum absolute atomic E-state index is 13.0. The van der Waals surface area contributed by atoms with Crippen LogP contribution in [-0.4, -0.2) is 15.1 Å². The van der Waals surface area contributed by atoms with E-state index in [0.29, 0.717) is 23.2 Å². The molecule has 7 heteroatoms. The third-order valence-corrected chi connectivity index (χ3v) is 4.63. The molecule has 0 amide bonds. The Bertz CT molecular complexity index is 1010. The molecule has 0 saturated heterocycles. The summed E-state index contributed by atoms with van der Waals surface area (Å²) in [6.45, 7) is 0. The van der Waals surface area contributed by atoms with Gasteiger partial charge in [-0.2, -0.15) is 4.98 Å². The van der Waals surface area contributed by atoms with Crippen molar-refractivity contribution < 1.29 is 8.91 Å². The first-order valence-electron chi connectivity index (χ1n) is 7.46. The number of halogens is 2. The Labute approximate surface area is 151 Å². The van der Waals surface area contributed by atoms with Gasteiger partial charge in [0.1, 0.15) is 10.8 Å². The minimum absolute atomic E-state index is 0.265. The number of rotatable bonds is 4. The fraction of sp³-hybridized carbons (Fsp3) is 0.0556. The summed E-state index contributed by atoms with van der Waals surface area (Å²) in [5, 5.41) is 7.38. The Hall–Kier alpha value is -2.57. The van der Waals surface area contributed by atoms with E-state index < -0.39 is 0 Å². The van der Waals surface area contributed by atoms with Crippen LogP contribution in [0.15, 0.2) is 58.4 Å². The molecule has 0 fully saturated rings. The molecule has 4 rings (SSSR count). The van der Waals surface area contributed by atoms with Gasteiger partial charge in [0.15, 0.2) is 0 Å². The molecule has 0 N–H and O–H groups in total. The maximum Gasteiger partial charge on any atom is 0.233 e. The van der Waals surface area contributed by atoms with Gasteiger partial charge in [0.2, 0.25) is 11.7 Å². The zero-order valence-corrected chi connectivity index (χ0v) is 14.4. The number of benzene rings is 2. The zero-order chi connectivity index (χ0) is 17.2. The SMILES string of the molecule is Fc1ccc(-c2csc(Cc3nc(-c4cccc(Cl)c4)no3)n2)cc1. The topological polar surface area (TPSA) is 51.8 Å². The molecule has 4 aromatic rings. The monoisotopic (exact) mass is 371 g/mol. The van der Waals surface area contributed by atoms with Gasteiger partial charge in [-0.25, -0.2) is 9.37 Å². The summed E-state index contributed by atoms with van der Waals surface area (Å²) in [5.74, 6) is 0.710. The van der Waals surface area contributed by atoms with Gasteiger partial charge in [0.25, 0.3) is 0 Å². The van der Waals surface area contributed by atoms with Crippen molar-refractivity contribution in [2.24, 2.45) is 0 Å². The van der Waals surface area contributed by atoms with E-state index in [-0.39, 0.29) is 5.82 Å². The van der Waals surface area contributed by atoms with Crippen molar-refractivity contribution in [2.75, 3.05) is 0 Å². The van der Waals surface area contributed by atoms with Crippen molar-refractivity contribution in [3.8, 4) is 22.6 Å². The predicted molar refractivity (Wildman–Crippen MR) is 95.1 cm³/mol. The highest BCUT2D eigenvalue weighted by molar-refractivity contribution is 7.10. The maximum atomic E-state index is 13.0. The van der Waals surface area contributed by atoms with E-state index in [0.717, 1.165) is 21.8 Å². The second-order valence-electron chi connectivity index (χ2n) is 5.33. The van der Waals surface area contributed by atoms with Crippen LogP contribution in [0.5, 0.6) is 0 Å². The Morgan fingerprint density at radius 3 is 2.68 bits per heavy atom. The minimum Gasteiger partial charge on any atom is -0.339 e. The Morgan fingerprint density at radius 2 is 1.88 bits per heavy atom. The summed E-state index contributed by atoms with van der Waals surface area (Å²) in [4.78, 5) is 8.94. The number of hydrogen-bond acceptors (Lipinski definition) is 5. The van der Waals surface area contributed by atoms with Crippen LogP contribution in [0.3, 0.4) is 0 Å². The van der Waals surface area contributed by atoms with Gasteiger partial charge in [-0.05, 0) is 36.4 Å². The fourth-order valence-corrected chi connectivity index (χ4v) is 3.33. The van der Waals surface area contributed by atoms with Gasteiger partial charge >= 0.3 is 0 Å². The van der Waals surface area contributed by atoms with Crippen LogP contribution >= 0.6 is 22.9 Å². The van der Waals surface area contributed by atoms with Crippen LogP contribution in [0.25, 0.3) is 22.6 Å². The first kappa shape index (κ1) is 15.9. The second-order valence-corrected chi connectivity index (χ2v) is 6.71. The van der Waals surface area contributed by atoms with Gasteiger partial charge in [-0.3, -0.25) is 0 Å². The molecule has 0 bridgehead atoms. The highest BCUT2D eigenvalue weighted by atomic mass is 35.5. The number of aromatic nitrogens is 3. The first-order chi connectivity index (χ1) is 12.2. The number of hydrogen-bond donors (Lipinski definition) is 0. The quantitative estimate of drug-likeness (QED) is 0.492. The van der Waals surface area contributed by atoms with Crippen LogP contribution < -0.4 is 0 Å². The molecule has 0 radical (unpaired) electrons. The summed E-state index contributed by atoms with van der Waals surface area (Å²) in [6.07, 6.45) is 0.444. The Balaban J connectivity index is 1.52. The third-order valence-electron chi connectivity index (χ3n) is 3.55. The van der Waals surface area contributed by atoms with Gasteiger partial charge in [0, 0.05) is 21.5 Å². The highest BCUT2D eigenvalue weighted by Gasteiger charge is 2.12. The van der Waals surface area contributed by atoms with Crippen molar-refractivity contribution in [2.45, 2.75) is 6.42 Å². The molecule has 0 unspecified atom stereocenters. The third kappa shape index (κ3) is 3.60. The molecule has 0 spiro atoms. The van der Waals surface area contributed by atoms with Crippen molar-refractivity contribution in [1.29, 1.82) is 0 Å². The molecule has 2 aromatic carbocycles. The summed E-state index contributed by atoms with van der Waals surface area (Å²) in [5.41, 5.74) is 2.47. The van der Waals surface area contributed by atoms with Crippen LogP contribution in [0, 0.1) is 5.82 Å². The predicted octanol–water partition coefficient (Wildman–Crippen LogP) is 5.24. The van der Waals surface area contributed by atoms with Crippen molar-refractivity contribution in [1.82, 2.24) is 15.1 Å². The van der Waals surface area contributed by atoms with E-state index >= 15 is 0 Å². The normalized spacial score (nSPS) is 11.0. The molecule has 0 atom stereocenters. The smallest absolute Gasteiger partial charge is 0.233 e. The summed E-state index contributed by atoms with van der Waals surface area (Å²) < 4.78 is 18.3. The Kier molecular flexibility index (Phi) is 4.29. The molecular weight excluding hydrogens is 361 g/mol. The standard InChI is InChI=1S/C18H11ClFN3OS/c19-13-3-1-2-12(8-13)18-22-16(24-23-18)9-17-21-15(10-25-17)11-4-6-14(20)7-5-11/h1-8,10H,9H2. The van der Waals surface area contributed by atoms with Gasteiger partial charge < -0.3 is 4.52 Å². The van der Waals surface area contributed by atoms with Crippen LogP contribution in [0.4, 0.5) is 4.39 Å². The van der Waals surface area contributed by atoms with E-state index in [1.165, 1.54) is 23.5 Å². The van der Waals surface area contributed by atoms with Gasteiger partial charge in [-0.15, -0.1) is 11.3 Å². The molecular formula is C18H11ClFN3OS. The number of thiazole rings is 1. The lowest BCUT2D eigenvalue weighted by atomic mass is 10.2. The summed E-state index contributed by atoms with van der Waals surface area (Å²) in [7, 11) is 0. The Morgan fingerprint density at radius 1 is 1.04 bits per heavy atom. The van der Waals surface area contributed by atoms with E-state index in [2.05, 4.69) is 15.1 Å². The molecule has 124 valence electrons. The highest BCUT2D eigenvalue weighted by Crippen LogP contribution is 2.25. The minimum atomic E-state index is -0.265. The number of nitrogens with zero attached hydrogens (tertiary/aromatic N) is 3. The second kappa shape index (κ2) is 6.74. The van der Waals surface area contributed by atoms with E-state index in [1.807, 2.05) is 17.5 Å². The van der Waals surface area contributed by atoms with Crippen molar-refractivity contribution in [3.05, 3.63) is 75.6 Å². The molecule has 0 aliphatic rings. The lowest BCUT2D eigenvalue weighted by molar-refractivity contribution is 0.385. The molecule has 0 aliphatic heterocycles. The van der Waals surface area contributed by atoms with Crippen molar-refractivity contribution >= 4 is 22.9 Å². The van der Waals surface area contributed by atoms with Crippen LogP contribution in [-0.2, 0) is 6.42 Å². The van der Waals surface area contributed by atoms with E-state index in [1.54, 1.807) is 24.3 Å².